The molecule has 0 bridgehead atoms. The van der Waals surface area contributed by atoms with Crippen molar-refractivity contribution in [2.75, 3.05) is 6.61 Å². The number of hydrogen-bond acceptors (Lipinski definition) is 2. The Morgan fingerprint density at radius 1 is 1.25 bits per heavy atom. The molecule has 0 radical (unpaired) electrons. The van der Waals surface area contributed by atoms with Gasteiger partial charge < -0.3 is 9.53 Å². The van der Waals surface area contributed by atoms with Crippen molar-refractivity contribution in [1.82, 2.24) is 0 Å². The Labute approximate surface area is 151 Å². The molecule has 2 nitrogen and oxygen atoms in total. The van der Waals surface area contributed by atoms with Gasteiger partial charge in [0.2, 0.25) is 0 Å². The molecule has 3 heteroatoms. The van der Waals surface area contributed by atoms with Gasteiger partial charge in [-0.1, -0.05) is 53.2 Å². The fraction of sp³-hybridized carbons (Fsp3) is 0.905. The highest BCUT2D eigenvalue weighted by atomic mass is 28.4. The molecule has 0 heterocycles. The average molecular weight is 353 g/mol. The van der Waals surface area contributed by atoms with Gasteiger partial charge in [-0.2, -0.15) is 0 Å². The largest absolute Gasteiger partial charge is 0.414 e. The third kappa shape index (κ3) is 3.83. The molecule has 2 aliphatic rings. The summed E-state index contributed by atoms with van der Waals surface area (Å²) in [5, 5.41) is 9.39. The lowest BCUT2D eigenvalue weighted by atomic mass is 9.62. The van der Waals surface area contributed by atoms with Crippen molar-refractivity contribution in [2.24, 2.45) is 23.2 Å². The Hall–Kier alpha value is -0.123. The minimum absolute atomic E-state index is 0.161. The first-order chi connectivity index (χ1) is 11.0. The summed E-state index contributed by atoms with van der Waals surface area (Å²) in [5.41, 5.74) is 0.407. The second-order valence-electron chi connectivity index (χ2n) is 10.1. The molecular weight excluding hydrogens is 312 g/mol. The Morgan fingerprint density at radius 3 is 2.50 bits per heavy atom. The molecule has 2 fully saturated rings. The Kier molecular flexibility index (Phi) is 6.09. The highest BCUT2D eigenvalue weighted by Crippen LogP contribution is 2.59. The molecule has 0 amide bonds. The molecule has 0 aromatic heterocycles. The number of allylic oxidation sites excluding steroid dienone is 1. The van der Waals surface area contributed by atoms with Crippen molar-refractivity contribution in [1.29, 1.82) is 0 Å². The van der Waals surface area contributed by atoms with Crippen molar-refractivity contribution >= 4 is 8.32 Å². The molecule has 2 rings (SSSR count). The number of rotatable bonds is 5. The lowest BCUT2D eigenvalue weighted by Crippen LogP contribution is -2.50. The zero-order valence-corrected chi connectivity index (χ0v) is 18.1. The van der Waals surface area contributed by atoms with Crippen LogP contribution in [-0.4, -0.2) is 26.1 Å². The van der Waals surface area contributed by atoms with E-state index in [0.29, 0.717) is 17.4 Å². The maximum absolute atomic E-state index is 9.10. The maximum Gasteiger partial charge on any atom is 0.192 e. The molecule has 5 atom stereocenters. The van der Waals surface area contributed by atoms with E-state index in [1.807, 2.05) is 6.08 Å². The van der Waals surface area contributed by atoms with Crippen molar-refractivity contribution in [3.8, 4) is 0 Å². The Balaban J connectivity index is 2.16. The van der Waals surface area contributed by atoms with Crippen LogP contribution in [0.25, 0.3) is 0 Å². The monoisotopic (exact) mass is 352 g/mol. The fourth-order valence-corrected chi connectivity index (χ4v) is 6.52. The van der Waals surface area contributed by atoms with E-state index in [2.05, 4.69) is 53.8 Å². The van der Waals surface area contributed by atoms with Crippen molar-refractivity contribution in [2.45, 2.75) is 91.0 Å². The number of aliphatic hydroxyl groups is 1. The van der Waals surface area contributed by atoms with Gasteiger partial charge in [-0.15, -0.1) is 0 Å². The van der Waals surface area contributed by atoms with Crippen LogP contribution in [0, 0.1) is 23.2 Å². The molecule has 0 spiro atoms. The van der Waals surface area contributed by atoms with Crippen molar-refractivity contribution in [3.63, 3.8) is 0 Å². The van der Waals surface area contributed by atoms with Gasteiger partial charge in [-0.25, -0.2) is 0 Å². The zero-order chi connectivity index (χ0) is 18.2. The molecule has 1 N–H and O–H groups in total. The summed E-state index contributed by atoms with van der Waals surface area (Å²) in [6.45, 7) is 16.9. The standard InChI is InChI=1S/C21H40O2Si/c1-16(10-9-15-22)17-12-13-18-19(11-8-14-21(17,18)5)23-24(6,7)20(2,3)4/h9-10,16-19,22H,8,11-15H2,1-7H3/b10-9+/t16-,17-,18-,19-,21+/m1/s1. The summed E-state index contributed by atoms with van der Waals surface area (Å²) < 4.78 is 6.91. The van der Waals surface area contributed by atoms with Crippen LogP contribution in [0.2, 0.25) is 18.1 Å². The fourth-order valence-electron chi connectivity index (χ4n) is 5.13. The SMILES string of the molecule is C[C@H](/C=C/CO)[C@H]1CC[C@@H]2[C@H](O[Si](C)(C)C(C)(C)C)CCC[C@@]12C. The molecule has 0 saturated heterocycles. The lowest BCUT2D eigenvalue weighted by Gasteiger charge is -2.49. The minimum Gasteiger partial charge on any atom is -0.414 e. The van der Waals surface area contributed by atoms with Crippen LogP contribution in [0.4, 0.5) is 0 Å². The molecule has 24 heavy (non-hydrogen) atoms. The van der Waals surface area contributed by atoms with E-state index in [1.165, 1.54) is 32.1 Å². The first-order valence-electron chi connectivity index (χ1n) is 9.98. The van der Waals surface area contributed by atoms with Crippen LogP contribution in [0.1, 0.15) is 66.7 Å². The zero-order valence-electron chi connectivity index (χ0n) is 17.1. The molecule has 0 aliphatic heterocycles. The van der Waals surface area contributed by atoms with E-state index >= 15 is 0 Å². The molecule has 2 saturated carbocycles. The van der Waals surface area contributed by atoms with E-state index in [0.717, 1.165) is 11.8 Å². The maximum atomic E-state index is 9.10. The smallest absolute Gasteiger partial charge is 0.192 e. The van der Waals surface area contributed by atoms with Crippen LogP contribution in [0.3, 0.4) is 0 Å². The van der Waals surface area contributed by atoms with E-state index in [9.17, 15) is 0 Å². The van der Waals surface area contributed by atoms with Crippen LogP contribution in [-0.2, 0) is 4.43 Å². The van der Waals surface area contributed by atoms with Gasteiger partial charge in [0.15, 0.2) is 8.32 Å². The highest BCUT2D eigenvalue weighted by Gasteiger charge is 2.54. The summed E-state index contributed by atoms with van der Waals surface area (Å²) in [5.74, 6) is 2.00. The summed E-state index contributed by atoms with van der Waals surface area (Å²) in [7, 11) is -1.70. The van der Waals surface area contributed by atoms with Crippen LogP contribution < -0.4 is 0 Å². The van der Waals surface area contributed by atoms with Gasteiger partial charge >= 0.3 is 0 Å². The predicted octanol–water partition coefficient (Wildman–Crippen LogP) is 5.78. The van der Waals surface area contributed by atoms with Crippen LogP contribution in [0.5, 0.6) is 0 Å². The number of fused-ring (bicyclic) bond motifs is 1. The molecule has 0 unspecified atom stereocenters. The Morgan fingerprint density at radius 2 is 1.92 bits per heavy atom. The molecule has 0 aromatic carbocycles. The van der Waals surface area contributed by atoms with Crippen molar-refractivity contribution < 1.29 is 9.53 Å². The van der Waals surface area contributed by atoms with Gasteiger partial charge in [0.25, 0.3) is 0 Å². The molecule has 2 aliphatic carbocycles. The van der Waals surface area contributed by atoms with Crippen LogP contribution in [0.15, 0.2) is 12.2 Å². The van der Waals surface area contributed by atoms with Crippen molar-refractivity contribution in [3.05, 3.63) is 12.2 Å². The highest BCUT2D eigenvalue weighted by molar-refractivity contribution is 6.74. The minimum atomic E-state index is -1.70. The van der Waals surface area contributed by atoms with Gasteiger partial charge in [0.1, 0.15) is 0 Å². The Bertz CT molecular complexity index is 451. The molecule has 140 valence electrons. The third-order valence-corrected chi connectivity index (χ3v) is 12.1. The average Bonchev–Trinajstić information content (AvgIpc) is 2.81. The second kappa shape index (κ2) is 7.24. The predicted molar refractivity (Wildman–Crippen MR) is 106 cm³/mol. The summed E-state index contributed by atoms with van der Waals surface area (Å²) >= 11 is 0. The number of hydrogen-bond donors (Lipinski definition) is 1. The summed E-state index contributed by atoms with van der Waals surface area (Å²) in [6, 6.07) is 0. The first kappa shape index (κ1) is 20.2. The van der Waals surface area contributed by atoms with Gasteiger partial charge in [-0.05, 0) is 67.0 Å². The normalized spacial score (nSPS) is 36.1. The van der Waals surface area contributed by atoms with E-state index in [-0.39, 0.29) is 11.6 Å². The van der Waals surface area contributed by atoms with E-state index in [1.54, 1.807) is 0 Å². The quantitative estimate of drug-likeness (QED) is 0.502. The second-order valence-corrected chi connectivity index (χ2v) is 14.8. The first-order valence-corrected chi connectivity index (χ1v) is 12.9. The van der Waals surface area contributed by atoms with E-state index < -0.39 is 8.32 Å². The lowest BCUT2D eigenvalue weighted by molar-refractivity contribution is -0.0163. The van der Waals surface area contributed by atoms with Gasteiger partial charge in [0.05, 0.1) is 6.61 Å². The van der Waals surface area contributed by atoms with E-state index in [4.69, 9.17) is 9.53 Å². The molecular formula is C21H40O2Si. The topological polar surface area (TPSA) is 29.5 Å². The van der Waals surface area contributed by atoms with Crippen LogP contribution >= 0.6 is 0 Å². The van der Waals surface area contributed by atoms with Gasteiger partial charge in [-0.3, -0.25) is 0 Å². The number of aliphatic hydroxyl groups excluding tert-OH is 1. The van der Waals surface area contributed by atoms with Gasteiger partial charge in [0, 0.05) is 6.10 Å². The summed E-state index contributed by atoms with van der Waals surface area (Å²) in [4.78, 5) is 0. The summed E-state index contributed by atoms with van der Waals surface area (Å²) in [6.07, 6.45) is 11.2. The third-order valence-electron chi connectivity index (χ3n) is 7.57. The molecule has 0 aromatic rings.